The van der Waals surface area contributed by atoms with Gasteiger partial charge in [-0.1, -0.05) is 37.0 Å². The van der Waals surface area contributed by atoms with Crippen LogP contribution >= 0.6 is 23.2 Å². The fourth-order valence-electron chi connectivity index (χ4n) is 1.71. The Morgan fingerprint density at radius 3 is 2.75 bits per heavy atom. The molecule has 0 aromatic heterocycles. The number of halogens is 2. The van der Waals surface area contributed by atoms with E-state index in [1.165, 1.54) is 6.08 Å². The van der Waals surface area contributed by atoms with Gasteiger partial charge in [0.05, 0.1) is 6.10 Å². The average Bonchev–Trinajstić information content (AvgIpc) is 2.36. The minimum Gasteiger partial charge on any atom is -0.391 e. The summed E-state index contributed by atoms with van der Waals surface area (Å²) in [6.07, 6.45) is 3.10. The van der Waals surface area contributed by atoms with E-state index in [2.05, 4.69) is 5.32 Å². The maximum absolute atomic E-state index is 11.6. The second kappa shape index (κ2) is 8.30. The van der Waals surface area contributed by atoms with E-state index in [4.69, 9.17) is 23.2 Å². The fraction of sp³-hybridized carbons (Fsp3) is 0.400. The van der Waals surface area contributed by atoms with Gasteiger partial charge in [0.15, 0.2) is 0 Å². The molecule has 2 N–H and O–H groups in total. The molecule has 1 aromatic rings. The second-order valence-electron chi connectivity index (χ2n) is 5.03. The van der Waals surface area contributed by atoms with Crippen LogP contribution in [0.1, 0.15) is 25.8 Å². The third kappa shape index (κ3) is 6.42. The largest absolute Gasteiger partial charge is 0.391 e. The molecule has 110 valence electrons. The van der Waals surface area contributed by atoms with E-state index >= 15 is 0 Å². The van der Waals surface area contributed by atoms with Crippen molar-refractivity contribution in [2.75, 3.05) is 6.54 Å². The summed E-state index contributed by atoms with van der Waals surface area (Å²) < 4.78 is 0. The first kappa shape index (κ1) is 17.0. The Morgan fingerprint density at radius 1 is 1.40 bits per heavy atom. The standard InChI is InChI=1S/C15H19Cl2NO2/c1-10(2)7-13(19)9-18-15(20)6-3-11-8-12(16)4-5-14(11)17/h3-6,8,10,13,19H,7,9H2,1-2H3,(H,18,20)/b6-3+. The number of hydrogen-bond donors (Lipinski definition) is 2. The van der Waals surface area contributed by atoms with Crippen molar-refractivity contribution in [2.24, 2.45) is 5.92 Å². The molecule has 20 heavy (non-hydrogen) atoms. The molecule has 1 atom stereocenters. The van der Waals surface area contributed by atoms with Crippen LogP contribution in [0.3, 0.4) is 0 Å². The molecule has 1 aromatic carbocycles. The van der Waals surface area contributed by atoms with Gasteiger partial charge in [0, 0.05) is 22.7 Å². The number of nitrogens with one attached hydrogen (secondary N) is 1. The molecule has 3 nitrogen and oxygen atoms in total. The first-order valence-electron chi connectivity index (χ1n) is 6.47. The molecule has 0 aliphatic carbocycles. The Balaban J connectivity index is 2.49. The van der Waals surface area contributed by atoms with Gasteiger partial charge in [-0.25, -0.2) is 0 Å². The van der Waals surface area contributed by atoms with Gasteiger partial charge < -0.3 is 10.4 Å². The summed E-state index contributed by atoms with van der Waals surface area (Å²) in [7, 11) is 0. The van der Waals surface area contributed by atoms with Crippen molar-refractivity contribution < 1.29 is 9.90 Å². The summed E-state index contributed by atoms with van der Waals surface area (Å²) in [5.74, 6) is 0.117. The van der Waals surface area contributed by atoms with Crippen LogP contribution in [0.25, 0.3) is 6.08 Å². The van der Waals surface area contributed by atoms with Crippen LogP contribution in [-0.2, 0) is 4.79 Å². The Bertz CT molecular complexity index is 487. The van der Waals surface area contributed by atoms with E-state index in [1.54, 1.807) is 24.3 Å². The van der Waals surface area contributed by atoms with Crippen LogP contribution < -0.4 is 5.32 Å². The van der Waals surface area contributed by atoms with Crippen LogP contribution in [0.4, 0.5) is 0 Å². The Hall–Kier alpha value is -1.03. The molecule has 0 aliphatic rings. The first-order chi connectivity index (χ1) is 9.38. The van der Waals surface area contributed by atoms with E-state index < -0.39 is 6.10 Å². The molecule has 0 spiro atoms. The quantitative estimate of drug-likeness (QED) is 0.789. The molecule has 0 fully saturated rings. The van der Waals surface area contributed by atoms with Gasteiger partial charge in [-0.05, 0) is 42.2 Å². The molecule has 0 aliphatic heterocycles. The number of rotatable bonds is 6. The van der Waals surface area contributed by atoms with E-state index in [-0.39, 0.29) is 12.5 Å². The summed E-state index contributed by atoms with van der Waals surface area (Å²) in [6.45, 7) is 4.28. The normalized spacial score (nSPS) is 12.9. The van der Waals surface area contributed by atoms with Crippen molar-refractivity contribution in [1.29, 1.82) is 0 Å². The SMILES string of the molecule is CC(C)CC(O)CNC(=O)/C=C/c1cc(Cl)ccc1Cl. The minimum atomic E-state index is -0.526. The van der Waals surface area contributed by atoms with Crippen molar-refractivity contribution in [2.45, 2.75) is 26.4 Å². The summed E-state index contributed by atoms with van der Waals surface area (Å²) in [5, 5.41) is 13.4. The fourth-order valence-corrected chi connectivity index (χ4v) is 2.07. The van der Waals surface area contributed by atoms with Crippen LogP contribution in [0.15, 0.2) is 24.3 Å². The Labute approximate surface area is 129 Å². The van der Waals surface area contributed by atoms with Crippen molar-refractivity contribution in [3.63, 3.8) is 0 Å². The van der Waals surface area contributed by atoms with E-state index in [9.17, 15) is 9.90 Å². The maximum Gasteiger partial charge on any atom is 0.244 e. The molecule has 5 heteroatoms. The van der Waals surface area contributed by atoms with Crippen molar-refractivity contribution >= 4 is 35.2 Å². The summed E-state index contributed by atoms with van der Waals surface area (Å²) in [5.41, 5.74) is 0.678. The molecule has 0 radical (unpaired) electrons. The summed E-state index contributed by atoms with van der Waals surface area (Å²) in [4.78, 5) is 11.6. The highest BCUT2D eigenvalue weighted by molar-refractivity contribution is 6.34. The highest BCUT2D eigenvalue weighted by atomic mass is 35.5. The van der Waals surface area contributed by atoms with Gasteiger partial charge in [-0.15, -0.1) is 0 Å². The van der Waals surface area contributed by atoms with Gasteiger partial charge in [-0.2, -0.15) is 0 Å². The number of aliphatic hydroxyl groups excluding tert-OH is 1. The second-order valence-corrected chi connectivity index (χ2v) is 5.87. The van der Waals surface area contributed by atoms with Gasteiger partial charge in [-0.3, -0.25) is 4.79 Å². The highest BCUT2D eigenvalue weighted by Gasteiger charge is 2.07. The Kier molecular flexibility index (Phi) is 7.06. The number of amides is 1. The number of benzene rings is 1. The molecule has 1 rings (SSSR count). The maximum atomic E-state index is 11.6. The highest BCUT2D eigenvalue weighted by Crippen LogP contribution is 2.21. The third-order valence-corrected chi connectivity index (χ3v) is 3.21. The van der Waals surface area contributed by atoms with Crippen molar-refractivity contribution in [3.8, 4) is 0 Å². The van der Waals surface area contributed by atoms with Crippen molar-refractivity contribution in [3.05, 3.63) is 39.9 Å². The van der Waals surface area contributed by atoms with Gasteiger partial charge in [0.25, 0.3) is 0 Å². The lowest BCUT2D eigenvalue weighted by Crippen LogP contribution is -2.31. The van der Waals surface area contributed by atoms with Gasteiger partial charge in [0.1, 0.15) is 0 Å². The number of carbonyl (C=O) groups excluding carboxylic acids is 1. The molecular formula is C15H19Cl2NO2. The summed E-state index contributed by atoms with van der Waals surface area (Å²) >= 11 is 11.8. The molecule has 0 bridgehead atoms. The van der Waals surface area contributed by atoms with Crippen LogP contribution in [0.5, 0.6) is 0 Å². The minimum absolute atomic E-state index is 0.241. The number of hydrogen-bond acceptors (Lipinski definition) is 2. The lowest BCUT2D eigenvalue weighted by Gasteiger charge is -2.12. The molecule has 0 saturated heterocycles. The van der Waals surface area contributed by atoms with E-state index in [1.807, 2.05) is 13.8 Å². The molecular weight excluding hydrogens is 297 g/mol. The Morgan fingerprint density at radius 2 is 2.10 bits per heavy atom. The number of aliphatic hydroxyl groups is 1. The lowest BCUT2D eigenvalue weighted by atomic mass is 10.1. The zero-order valence-corrected chi connectivity index (χ0v) is 13.1. The first-order valence-corrected chi connectivity index (χ1v) is 7.23. The van der Waals surface area contributed by atoms with Gasteiger partial charge in [0.2, 0.25) is 5.91 Å². The van der Waals surface area contributed by atoms with Crippen LogP contribution in [0.2, 0.25) is 10.0 Å². The predicted molar refractivity (Wildman–Crippen MR) is 84.0 cm³/mol. The zero-order valence-electron chi connectivity index (χ0n) is 11.6. The molecule has 1 unspecified atom stereocenters. The van der Waals surface area contributed by atoms with Crippen LogP contribution in [-0.4, -0.2) is 23.7 Å². The van der Waals surface area contributed by atoms with E-state index in [0.29, 0.717) is 27.9 Å². The average molecular weight is 316 g/mol. The topological polar surface area (TPSA) is 49.3 Å². The smallest absolute Gasteiger partial charge is 0.244 e. The number of carbonyl (C=O) groups is 1. The van der Waals surface area contributed by atoms with Crippen LogP contribution in [0, 0.1) is 5.92 Å². The molecule has 1 amide bonds. The summed E-state index contributed by atoms with van der Waals surface area (Å²) in [6, 6.07) is 5.04. The molecule has 0 heterocycles. The zero-order chi connectivity index (χ0) is 15.1. The predicted octanol–water partition coefficient (Wildman–Crippen LogP) is 3.53. The van der Waals surface area contributed by atoms with Crippen molar-refractivity contribution in [1.82, 2.24) is 5.32 Å². The molecule has 0 saturated carbocycles. The van der Waals surface area contributed by atoms with E-state index in [0.717, 1.165) is 0 Å². The third-order valence-electron chi connectivity index (χ3n) is 2.63. The van der Waals surface area contributed by atoms with Gasteiger partial charge >= 0.3 is 0 Å². The lowest BCUT2D eigenvalue weighted by molar-refractivity contribution is -0.116. The monoisotopic (exact) mass is 315 g/mol.